The van der Waals surface area contributed by atoms with Crippen LogP contribution in [0.2, 0.25) is 0 Å². The van der Waals surface area contributed by atoms with Crippen molar-refractivity contribution in [2.24, 2.45) is 0 Å². The summed E-state index contributed by atoms with van der Waals surface area (Å²) in [5, 5.41) is 20.4. The van der Waals surface area contributed by atoms with Gasteiger partial charge in [0.2, 0.25) is 5.91 Å². The van der Waals surface area contributed by atoms with E-state index in [1.165, 1.54) is 6.07 Å². The van der Waals surface area contributed by atoms with Crippen molar-refractivity contribution in [3.05, 3.63) is 64.1 Å². The molecule has 3 rings (SSSR count). The normalized spacial score (nSPS) is 15.1. The van der Waals surface area contributed by atoms with Crippen LogP contribution in [0, 0.1) is 6.92 Å². The van der Waals surface area contributed by atoms with E-state index in [9.17, 15) is 24.3 Å². The Hall–Kier alpha value is -3.59. The van der Waals surface area contributed by atoms with E-state index in [0.29, 0.717) is 0 Å². The molecule has 2 aromatic rings. The van der Waals surface area contributed by atoms with Gasteiger partial charge in [-0.1, -0.05) is 29.8 Å². The van der Waals surface area contributed by atoms with Gasteiger partial charge in [0.1, 0.15) is 17.9 Å². The summed E-state index contributed by atoms with van der Waals surface area (Å²) in [7, 11) is 0. The second-order valence-corrected chi connectivity index (χ2v) is 7.26. The van der Waals surface area contributed by atoms with Crippen LogP contribution >= 0.6 is 11.8 Å². The maximum absolute atomic E-state index is 12.5. The first-order valence-electron chi connectivity index (χ1n) is 8.43. The number of benzene rings is 2. The lowest BCUT2D eigenvalue weighted by Crippen LogP contribution is -2.36. The summed E-state index contributed by atoms with van der Waals surface area (Å²) in [6.07, 6.45) is 1.59. The van der Waals surface area contributed by atoms with E-state index in [1.54, 1.807) is 6.08 Å². The molecule has 0 aliphatic carbocycles. The lowest BCUT2D eigenvalue weighted by atomic mass is 10.1. The molecule has 1 saturated heterocycles. The fourth-order valence-corrected chi connectivity index (χ4v) is 3.42. The number of carbonyl (C=O) groups excluding carboxylic acids is 3. The molecule has 1 fully saturated rings. The van der Waals surface area contributed by atoms with Crippen LogP contribution in [0.5, 0.6) is 5.75 Å². The highest BCUT2D eigenvalue weighted by atomic mass is 32.2. The molecule has 0 aromatic heterocycles. The van der Waals surface area contributed by atoms with Crippen LogP contribution in [0.25, 0.3) is 6.08 Å². The molecule has 9 heteroatoms. The van der Waals surface area contributed by atoms with Gasteiger partial charge in [0.05, 0.1) is 4.91 Å². The maximum atomic E-state index is 12.5. The molecule has 3 N–H and O–H groups in total. The molecule has 0 radical (unpaired) electrons. The number of aromatic carboxylic acids is 1. The highest BCUT2D eigenvalue weighted by Crippen LogP contribution is 2.32. The molecular weight excluding hydrogens is 396 g/mol. The summed E-state index contributed by atoms with van der Waals surface area (Å²) in [5.74, 6) is -3.05. The van der Waals surface area contributed by atoms with Crippen LogP contribution in [0.4, 0.5) is 10.5 Å². The number of carbonyl (C=O) groups is 4. The standard InChI is InChI=1S/C20H16N2O6S/c1-11-2-4-12(5-3-11)8-16-18(25)22(20(28)29-16)10-17(24)21-13-6-7-14(19(26)27)15(23)9-13/h2-9,23H,10H2,1H3,(H,21,24)(H,26,27)/b16-8-. The second kappa shape index (κ2) is 8.19. The molecule has 2 aromatic carbocycles. The van der Waals surface area contributed by atoms with Crippen LogP contribution in [0.1, 0.15) is 21.5 Å². The zero-order chi connectivity index (χ0) is 21.1. The van der Waals surface area contributed by atoms with Gasteiger partial charge in [0.15, 0.2) is 0 Å². The Bertz CT molecular complexity index is 1050. The number of aromatic hydroxyl groups is 1. The molecular formula is C20H16N2O6S. The number of imide groups is 1. The van der Waals surface area contributed by atoms with E-state index < -0.39 is 35.3 Å². The van der Waals surface area contributed by atoms with Crippen molar-refractivity contribution in [1.82, 2.24) is 4.90 Å². The van der Waals surface area contributed by atoms with Crippen molar-refractivity contribution < 1.29 is 29.4 Å². The quantitative estimate of drug-likeness (QED) is 0.645. The summed E-state index contributed by atoms with van der Waals surface area (Å²) < 4.78 is 0. The maximum Gasteiger partial charge on any atom is 0.339 e. The van der Waals surface area contributed by atoms with Gasteiger partial charge in [0, 0.05) is 11.8 Å². The molecule has 0 unspecified atom stereocenters. The molecule has 0 spiro atoms. The van der Waals surface area contributed by atoms with Crippen molar-refractivity contribution >= 4 is 46.5 Å². The number of hydrogen-bond acceptors (Lipinski definition) is 6. The lowest BCUT2D eigenvalue weighted by molar-refractivity contribution is -0.127. The molecule has 8 nitrogen and oxygen atoms in total. The number of anilines is 1. The Morgan fingerprint density at radius 1 is 1.14 bits per heavy atom. The predicted octanol–water partition coefficient (Wildman–Crippen LogP) is 3.07. The van der Waals surface area contributed by atoms with E-state index in [1.807, 2.05) is 31.2 Å². The molecule has 1 heterocycles. The van der Waals surface area contributed by atoms with Crippen LogP contribution in [0.3, 0.4) is 0 Å². The third-order valence-electron chi connectivity index (χ3n) is 4.06. The number of phenols is 1. The Kier molecular flexibility index (Phi) is 5.69. The van der Waals surface area contributed by atoms with Gasteiger partial charge >= 0.3 is 5.97 Å². The highest BCUT2D eigenvalue weighted by Gasteiger charge is 2.36. The Morgan fingerprint density at radius 3 is 2.45 bits per heavy atom. The van der Waals surface area contributed by atoms with E-state index in [0.717, 1.165) is 39.9 Å². The number of carboxylic acids is 1. The van der Waals surface area contributed by atoms with E-state index in [4.69, 9.17) is 5.11 Å². The van der Waals surface area contributed by atoms with Crippen LogP contribution in [-0.2, 0) is 9.59 Å². The Balaban J connectivity index is 1.68. The number of nitrogens with one attached hydrogen (secondary N) is 1. The zero-order valence-corrected chi connectivity index (χ0v) is 16.0. The zero-order valence-electron chi connectivity index (χ0n) is 15.2. The summed E-state index contributed by atoms with van der Waals surface area (Å²) in [4.78, 5) is 48.8. The van der Waals surface area contributed by atoms with Crippen LogP contribution in [0.15, 0.2) is 47.4 Å². The number of amides is 3. The minimum absolute atomic E-state index is 0.139. The molecule has 0 saturated carbocycles. The van der Waals surface area contributed by atoms with Crippen LogP contribution in [-0.4, -0.2) is 44.7 Å². The van der Waals surface area contributed by atoms with E-state index in [-0.39, 0.29) is 16.2 Å². The Morgan fingerprint density at radius 2 is 1.83 bits per heavy atom. The number of rotatable bonds is 5. The molecule has 1 aliphatic heterocycles. The molecule has 148 valence electrons. The summed E-state index contributed by atoms with van der Waals surface area (Å²) >= 11 is 0.750. The summed E-state index contributed by atoms with van der Waals surface area (Å²) in [6, 6.07) is 10.9. The minimum atomic E-state index is -1.31. The topological polar surface area (TPSA) is 124 Å². The average Bonchev–Trinajstić information content (AvgIpc) is 2.90. The van der Waals surface area contributed by atoms with E-state index >= 15 is 0 Å². The monoisotopic (exact) mass is 412 g/mol. The molecule has 1 aliphatic rings. The van der Waals surface area contributed by atoms with E-state index in [2.05, 4.69) is 5.32 Å². The number of carboxylic acid groups (broad SMARTS) is 1. The number of hydrogen-bond donors (Lipinski definition) is 3. The first-order valence-corrected chi connectivity index (χ1v) is 9.24. The van der Waals surface area contributed by atoms with Crippen molar-refractivity contribution in [3.8, 4) is 5.75 Å². The van der Waals surface area contributed by atoms with Gasteiger partial charge in [-0.3, -0.25) is 19.3 Å². The van der Waals surface area contributed by atoms with Gasteiger partial charge in [0.25, 0.3) is 11.1 Å². The predicted molar refractivity (Wildman–Crippen MR) is 108 cm³/mol. The second-order valence-electron chi connectivity index (χ2n) is 6.26. The third-order valence-corrected chi connectivity index (χ3v) is 4.97. The Labute approximate surface area is 169 Å². The summed E-state index contributed by atoms with van der Waals surface area (Å²) in [5.41, 5.74) is 1.66. The molecule has 3 amide bonds. The first-order chi connectivity index (χ1) is 13.7. The van der Waals surface area contributed by atoms with Crippen molar-refractivity contribution in [2.45, 2.75) is 6.92 Å². The van der Waals surface area contributed by atoms with Crippen molar-refractivity contribution in [1.29, 1.82) is 0 Å². The number of nitrogens with zero attached hydrogens (tertiary/aromatic N) is 1. The summed E-state index contributed by atoms with van der Waals surface area (Å²) in [6.45, 7) is 1.43. The van der Waals surface area contributed by atoms with Gasteiger partial charge in [-0.05, 0) is 42.5 Å². The fraction of sp³-hybridized carbons (Fsp3) is 0.100. The average molecular weight is 412 g/mol. The third kappa shape index (κ3) is 4.64. The highest BCUT2D eigenvalue weighted by molar-refractivity contribution is 8.18. The van der Waals surface area contributed by atoms with Gasteiger partial charge in [-0.15, -0.1) is 0 Å². The number of aryl methyl sites for hydroxylation is 1. The molecule has 0 atom stereocenters. The van der Waals surface area contributed by atoms with Gasteiger partial charge in [-0.2, -0.15) is 0 Å². The smallest absolute Gasteiger partial charge is 0.339 e. The first kappa shape index (κ1) is 20.2. The molecule has 0 bridgehead atoms. The minimum Gasteiger partial charge on any atom is -0.507 e. The van der Waals surface area contributed by atoms with Gasteiger partial charge < -0.3 is 15.5 Å². The van der Waals surface area contributed by atoms with Crippen molar-refractivity contribution in [2.75, 3.05) is 11.9 Å². The lowest BCUT2D eigenvalue weighted by Gasteiger charge is -2.13. The largest absolute Gasteiger partial charge is 0.507 e. The fourth-order valence-electron chi connectivity index (χ4n) is 2.58. The van der Waals surface area contributed by atoms with Crippen molar-refractivity contribution in [3.63, 3.8) is 0 Å². The van der Waals surface area contributed by atoms with Crippen LogP contribution < -0.4 is 5.32 Å². The molecule has 29 heavy (non-hydrogen) atoms. The number of thioether (sulfide) groups is 1. The SMILES string of the molecule is Cc1ccc(/C=C2\SC(=O)N(CC(=O)Nc3ccc(C(=O)O)c(O)c3)C2=O)cc1. The van der Waals surface area contributed by atoms with Gasteiger partial charge in [-0.25, -0.2) is 4.79 Å².